The van der Waals surface area contributed by atoms with Crippen molar-refractivity contribution in [3.05, 3.63) is 83.4 Å². The molecule has 0 spiro atoms. The van der Waals surface area contributed by atoms with Crippen molar-refractivity contribution in [1.29, 1.82) is 0 Å². The highest BCUT2D eigenvalue weighted by molar-refractivity contribution is 6.02. The molecule has 0 radical (unpaired) electrons. The van der Waals surface area contributed by atoms with Crippen molar-refractivity contribution in [3.8, 4) is 0 Å². The SMILES string of the molecule is COCCCn1c(C2CCCN(C(=O)C[C@H](N)Cc3ccc(NC(=O)c4ccno4)cc3)C2)c(C)c2ccccc21. The number of benzene rings is 2. The van der Waals surface area contributed by atoms with Crippen LogP contribution in [0.2, 0.25) is 0 Å². The highest BCUT2D eigenvalue weighted by Gasteiger charge is 2.29. The van der Waals surface area contributed by atoms with Crippen molar-refractivity contribution in [2.45, 2.75) is 57.5 Å². The largest absolute Gasteiger partial charge is 0.385 e. The molecule has 0 bridgehead atoms. The number of carbonyl (C=O) groups excluding carboxylic acids is 2. The van der Waals surface area contributed by atoms with Crippen molar-refractivity contribution in [2.24, 2.45) is 5.73 Å². The van der Waals surface area contributed by atoms with Crippen molar-refractivity contribution < 1.29 is 18.8 Å². The van der Waals surface area contributed by atoms with Crippen molar-refractivity contribution >= 4 is 28.4 Å². The summed E-state index contributed by atoms with van der Waals surface area (Å²) >= 11 is 0. The van der Waals surface area contributed by atoms with E-state index in [4.69, 9.17) is 15.0 Å². The van der Waals surface area contributed by atoms with E-state index < -0.39 is 0 Å². The summed E-state index contributed by atoms with van der Waals surface area (Å²) in [7, 11) is 1.74. The Kier molecular flexibility index (Phi) is 9.16. The monoisotopic (exact) mass is 557 g/mol. The molecule has 1 fully saturated rings. The van der Waals surface area contributed by atoms with Gasteiger partial charge in [0.05, 0.1) is 6.20 Å². The number of likely N-dealkylation sites (tertiary alicyclic amines) is 1. The van der Waals surface area contributed by atoms with Gasteiger partial charge in [-0.1, -0.05) is 35.5 Å². The Hall–Kier alpha value is -3.95. The number of nitrogens with zero attached hydrogens (tertiary/aromatic N) is 3. The Morgan fingerprint density at radius 3 is 2.73 bits per heavy atom. The van der Waals surface area contributed by atoms with E-state index in [9.17, 15) is 9.59 Å². The quantitative estimate of drug-likeness (QED) is 0.254. The van der Waals surface area contributed by atoms with Gasteiger partial charge in [0.15, 0.2) is 0 Å². The van der Waals surface area contributed by atoms with Crippen molar-refractivity contribution in [2.75, 3.05) is 32.1 Å². The lowest BCUT2D eigenvalue weighted by molar-refractivity contribution is -0.132. The third kappa shape index (κ3) is 6.69. The topological polar surface area (TPSA) is 116 Å². The number of nitrogens with two attached hydrogens (primary N) is 1. The molecule has 41 heavy (non-hydrogen) atoms. The standard InChI is InChI=1S/C32H39N5O4/c1-22-27-8-3-4-9-28(27)37(17-6-18-40-2)31(22)24-7-5-16-36(21-24)30(38)20-25(33)19-23-10-12-26(13-11-23)35-32(39)29-14-15-34-41-29/h3-4,8-15,24-25H,5-7,16-21,33H2,1-2H3,(H,35,39)/t24?,25-/m1/s1. The second-order valence-corrected chi connectivity index (χ2v) is 10.9. The number of para-hydroxylation sites is 1. The highest BCUT2D eigenvalue weighted by atomic mass is 16.5. The zero-order chi connectivity index (χ0) is 28.8. The lowest BCUT2D eigenvalue weighted by Gasteiger charge is -2.34. The van der Waals surface area contributed by atoms with Crippen molar-refractivity contribution in [3.63, 3.8) is 0 Å². The third-order valence-corrected chi connectivity index (χ3v) is 7.97. The van der Waals surface area contributed by atoms with Crippen LogP contribution in [-0.4, -0.2) is 59.3 Å². The molecular weight excluding hydrogens is 518 g/mol. The average Bonchev–Trinajstić information content (AvgIpc) is 3.62. The molecule has 9 heteroatoms. The predicted molar refractivity (Wildman–Crippen MR) is 159 cm³/mol. The van der Waals surface area contributed by atoms with Crippen LogP contribution in [0.5, 0.6) is 0 Å². The van der Waals surface area contributed by atoms with Crippen LogP contribution in [0.15, 0.2) is 65.3 Å². The third-order valence-electron chi connectivity index (χ3n) is 7.97. The predicted octanol–water partition coefficient (Wildman–Crippen LogP) is 4.89. The zero-order valence-electron chi connectivity index (χ0n) is 23.8. The van der Waals surface area contributed by atoms with Crippen LogP contribution in [-0.2, 0) is 22.5 Å². The molecule has 1 aliphatic heterocycles. The molecule has 3 N–H and O–H groups in total. The summed E-state index contributed by atoms with van der Waals surface area (Å²) in [6.07, 6.45) is 5.29. The normalized spacial score (nSPS) is 16.2. The second kappa shape index (κ2) is 13.1. The van der Waals surface area contributed by atoms with E-state index >= 15 is 0 Å². The molecule has 1 unspecified atom stereocenters. The first-order valence-corrected chi connectivity index (χ1v) is 14.4. The number of anilines is 1. The van der Waals surface area contributed by atoms with E-state index in [-0.39, 0.29) is 23.6 Å². The van der Waals surface area contributed by atoms with Gasteiger partial charge in [0.1, 0.15) is 0 Å². The molecule has 5 rings (SSSR count). The van der Waals surface area contributed by atoms with Gasteiger partial charge in [-0.05, 0) is 61.9 Å². The van der Waals surface area contributed by atoms with E-state index in [1.54, 1.807) is 7.11 Å². The summed E-state index contributed by atoms with van der Waals surface area (Å²) < 4.78 is 12.7. The molecule has 2 atom stereocenters. The Bertz CT molecular complexity index is 1460. The number of piperidine rings is 1. The Balaban J connectivity index is 1.20. The van der Waals surface area contributed by atoms with Crippen LogP contribution in [0, 0.1) is 6.92 Å². The fourth-order valence-corrected chi connectivity index (χ4v) is 6.04. The molecule has 2 aromatic carbocycles. The molecule has 216 valence electrons. The lowest BCUT2D eigenvalue weighted by Crippen LogP contribution is -2.42. The molecule has 0 aliphatic carbocycles. The first kappa shape index (κ1) is 28.6. The highest BCUT2D eigenvalue weighted by Crippen LogP contribution is 2.36. The number of amides is 2. The minimum Gasteiger partial charge on any atom is -0.385 e. The number of carbonyl (C=O) groups is 2. The molecule has 0 saturated carbocycles. The first-order chi connectivity index (χ1) is 19.9. The van der Waals surface area contributed by atoms with E-state index in [1.165, 1.54) is 34.4 Å². The fraction of sp³-hybridized carbons (Fsp3) is 0.406. The van der Waals surface area contributed by atoms with Gasteiger partial charge in [0, 0.05) is 80.1 Å². The van der Waals surface area contributed by atoms with Gasteiger partial charge in [-0.25, -0.2) is 0 Å². The van der Waals surface area contributed by atoms with Gasteiger partial charge in [-0.2, -0.15) is 0 Å². The maximum Gasteiger partial charge on any atom is 0.294 e. The number of hydrogen-bond acceptors (Lipinski definition) is 6. The van der Waals surface area contributed by atoms with Gasteiger partial charge >= 0.3 is 0 Å². The molecular formula is C32H39N5O4. The molecule has 2 aromatic heterocycles. The number of methoxy groups -OCH3 is 1. The Morgan fingerprint density at radius 1 is 1.17 bits per heavy atom. The van der Waals surface area contributed by atoms with Crippen LogP contribution >= 0.6 is 0 Å². The molecule has 4 aromatic rings. The molecule has 9 nitrogen and oxygen atoms in total. The fourth-order valence-electron chi connectivity index (χ4n) is 6.04. The van der Waals surface area contributed by atoms with E-state index in [0.717, 1.165) is 44.5 Å². The average molecular weight is 558 g/mol. The Labute approximate surface area is 240 Å². The zero-order valence-corrected chi connectivity index (χ0v) is 23.8. The maximum atomic E-state index is 13.4. The number of aryl methyl sites for hydroxylation is 2. The number of rotatable bonds is 11. The number of hydrogen-bond donors (Lipinski definition) is 2. The van der Waals surface area contributed by atoms with Crippen LogP contribution in [0.25, 0.3) is 10.9 Å². The van der Waals surface area contributed by atoms with Gasteiger partial charge in [0.25, 0.3) is 5.91 Å². The van der Waals surface area contributed by atoms with Crippen LogP contribution in [0.1, 0.15) is 59.0 Å². The first-order valence-electron chi connectivity index (χ1n) is 14.4. The Morgan fingerprint density at radius 2 is 1.98 bits per heavy atom. The van der Waals surface area contributed by atoms with E-state index in [1.807, 2.05) is 29.2 Å². The smallest absolute Gasteiger partial charge is 0.294 e. The number of ether oxygens (including phenoxy) is 1. The minimum absolute atomic E-state index is 0.109. The molecule has 3 heterocycles. The molecule has 1 aliphatic rings. The number of fused-ring (bicyclic) bond motifs is 1. The van der Waals surface area contributed by atoms with E-state index in [2.05, 4.69) is 46.2 Å². The molecule has 1 saturated heterocycles. The summed E-state index contributed by atoms with van der Waals surface area (Å²) in [5.74, 6) is 0.191. The van der Waals surface area contributed by atoms with E-state index in [0.29, 0.717) is 31.0 Å². The summed E-state index contributed by atoms with van der Waals surface area (Å²) in [4.78, 5) is 27.5. The second-order valence-electron chi connectivity index (χ2n) is 10.9. The van der Waals surface area contributed by atoms with Gasteiger partial charge in [-0.3, -0.25) is 9.59 Å². The van der Waals surface area contributed by atoms with Crippen molar-refractivity contribution in [1.82, 2.24) is 14.6 Å². The maximum absolute atomic E-state index is 13.4. The molecule has 2 amide bonds. The summed E-state index contributed by atoms with van der Waals surface area (Å²) in [5.41, 5.74) is 12.0. The summed E-state index contributed by atoms with van der Waals surface area (Å²) in [6, 6.07) is 17.3. The van der Waals surface area contributed by atoms with Crippen LogP contribution < -0.4 is 11.1 Å². The van der Waals surface area contributed by atoms with Crippen LogP contribution in [0.3, 0.4) is 0 Å². The number of nitrogens with one attached hydrogen (secondary N) is 1. The van der Waals surface area contributed by atoms with Gasteiger partial charge in [-0.15, -0.1) is 0 Å². The lowest BCUT2D eigenvalue weighted by atomic mass is 9.91. The van der Waals surface area contributed by atoms with Gasteiger partial charge in [0.2, 0.25) is 11.7 Å². The summed E-state index contributed by atoms with van der Waals surface area (Å²) in [5, 5.41) is 7.61. The minimum atomic E-state index is -0.358. The number of aromatic nitrogens is 2. The summed E-state index contributed by atoms with van der Waals surface area (Å²) in [6.45, 7) is 5.32. The van der Waals surface area contributed by atoms with Gasteiger partial charge < -0.3 is 29.8 Å². The van der Waals surface area contributed by atoms with Crippen LogP contribution in [0.4, 0.5) is 5.69 Å².